The van der Waals surface area contributed by atoms with E-state index < -0.39 is 5.54 Å². The minimum absolute atomic E-state index is 0.0931. The van der Waals surface area contributed by atoms with E-state index in [2.05, 4.69) is 10.5 Å². The van der Waals surface area contributed by atoms with Crippen molar-refractivity contribution in [2.24, 2.45) is 16.8 Å². The van der Waals surface area contributed by atoms with Crippen LogP contribution >= 0.6 is 0 Å². The lowest BCUT2D eigenvalue weighted by Gasteiger charge is -2.38. The van der Waals surface area contributed by atoms with Gasteiger partial charge in [0, 0.05) is 5.92 Å². The number of nitrogens with two attached hydrogens (primary N) is 1. The first-order chi connectivity index (χ1) is 10.2. The van der Waals surface area contributed by atoms with Crippen LogP contribution in [0.2, 0.25) is 0 Å². The summed E-state index contributed by atoms with van der Waals surface area (Å²) in [7, 11) is 0. The second-order valence-corrected chi connectivity index (χ2v) is 6.66. The highest BCUT2D eigenvalue weighted by Gasteiger charge is 2.39. The molecule has 0 aliphatic heterocycles. The average Bonchev–Trinajstić information content (AvgIpc) is 2.46. The number of amides is 1. The average molecular weight is 295 g/mol. The standard InChI is InChI=1S/C16H29N3O2/c17-15(19-21)16(11-7-4-8-12-16)18-14(20)13-9-5-2-1-3-6-10-13/h13,21H,1-12H2,(H2,17,19)(H,18,20). The Morgan fingerprint density at radius 2 is 1.52 bits per heavy atom. The highest BCUT2D eigenvalue weighted by molar-refractivity contribution is 5.94. The molecule has 1 amide bonds. The van der Waals surface area contributed by atoms with Crippen molar-refractivity contribution in [3.63, 3.8) is 0 Å². The third kappa shape index (κ3) is 4.11. The van der Waals surface area contributed by atoms with Gasteiger partial charge in [0.2, 0.25) is 5.91 Å². The number of hydrogen-bond donors (Lipinski definition) is 3. The quantitative estimate of drug-likeness (QED) is 0.324. The molecule has 0 atom stereocenters. The van der Waals surface area contributed by atoms with Crippen LogP contribution in [0.5, 0.6) is 0 Å². The summed E-state index contributed by atoms with van der Waals surface area (Å²) in [4.78, 5) is 12.7. The van der Waals surface area contributed by atoms with Gasteiger partial charge >= 0.3 is 0 Å². The highest BCUT2D eigenvalue weighted by Crippen LogP contribution is 2.30. The Bertz CT molecular complexity index is 368. The number of amidine groups is 1. The van der Waals surface area contributed by atoms with Gasteiger partial charge in [-0.25, -0.2) is 0 Å². The number of hydrogen-bond acceptors (Lipinski definition) is 3. The van der Waals surface area contributed by atoms with E-state index in [0.29, 0.717) is 0 Å². The van der Waals surface area contributed by atoms with Crippen LogP contribution in [0.3, 0.4) is 0 Å². The van der Waals surface area contributed by atoms with Crippen molar-refractivity contribution in [2.75, 3.05) is 0 Å². The van der Waals surface area contributed by atoms with Crippen LogP contribution < -0.4 is 11.1 Å². The smallest absolute Gasteiger partial charge is 0.223 e. The zero-order valence-corrected chi connectivity index (χ0v) is 12.9. The predicted octanol–water partition coefficient (Wildman–Crippen LogP) is 2.91. The Morgan fingerprint density at radius 1 is 1.00 bits per heavy atom. The Balaban J connectivity index is 2.03. The van der Waals surface area contributed by atoms with Crippen LogP contribution in [0.1, 0.15) is 77.0 Å². The molecule has 5 nitrogen and oxygen atoms in total. The van der Waals surface area contributed by atoms with Crippen molar-refractivity contribution >= 4 is 11.7 Å². The van der Waals surface area contributed by atoms with Crippen molar-refractivity contribution in [3.05, 3.63) is 0 Å². The summed E-state index contributed by atoms with van der Waals surface area (Å²) in [5, 5.41) is 15.4. The molecule has 2 fully saturated rings. The van der Waals surface area contributed by atoms with Gasteiger partial charge in [0.25, 0.3) is 0 Å². The molecular weight excluding hydrogens is 266 g/mol. The van der Waals surface area contributed by atoms with E-state index in [1.165, 1.54) is 19.3 Å². The predicted molar refractivity (Wildman–Crippen MR) is 83.2 cm³/mol. The summed E-state index contributed by atoms with van der Waals surface area (Å²) >= 11 is 0. The van der Waals surface area contributed by atoms with E-state index in [1.54, 1.807) is 0 Å². The summed E-state index contributed by atoms with van der Waals surface area (Å²) in [6.45, 7) is 0. The van der Waals surface area contributed by atoms with Gasteiger partial charge in [-0.05, 0) is 25.7 Å². The maximum Gasteiger partial charge on any atom is 0.223 e. The number of carbonyl (C=O) groups excluding carboxylic acids is 1. The molecule has 0 bridgehead atoms. The Kier molecular flexibility index (Phi) is 5.88. The Morgan fingerprint density at radius 3 is 2.10 bits per heavy atom. The third-order valence-corrected chi connectivity index (χ3v) is 5.14. The Labute approximate surface area is 127 Å². The molecule has 0 saturated heterocycles. The van der Waals surface area contributed by atoms with Crippen LogP contribution in [-0.2, 0) is 4.79 Å². The summed E-state index contributed by atoms with van der Waals surface area (Å²) in [5.41, 5.74) is 5.28. The zero-order chi connectivity index (χ0) is 15.1. The molecule has 2 aliphatic rings. The van der Waals surface area contributed by atoms with Crippen LogP contribution in [0, 0.1) is 5.92 Å². The summed E-state index contributed by atoms with van der Waals surface area (Å²) < 4.78 is 0. The maximum atomic E-state index is 12.7. The zero-order valence-electron chi connectivity index (χ0n) is 12.9. The second kappa shape index (κ2) is 7.66. The van der Waals surface area contributed by atoms with Gasteiger partial charge in [-0.1, -0.05) is 56.5 Å². The lowest BCUT2D eigenvalue weighted by molar-refractivity contribution is -0.127. The summed E-state index contributed by atoms with van der Waals surface area (Å²) in [6.07, 6.45) is 12.7. The highest BCUT2D eigenvalue weighted by atomic mass is 16.4. The number of carbonyl (C=O) groups is 1. The molecule has 2 aliphatic carbocycles. The van der Waals surface area contributed by atoms with Gasteiger partial charge in [0.1, 0.15) is 5.54 Å². The van der Waals surface area contributed by atoms with E-state index in [0.717, 1.165) is 57.8 Å². The van der Waals surface area contributed by atoms with Crippen LogP contribution in [0.15, 0.2) is 5.16 Å². The number of oxime groups is 1. The van der Waals surface area contributed by atoms with Gasteiger partial charge in [0.05, 0.1) is 0 Å². The van der Waals surface area contributed by atoms with Crippen molar-refractivity contribution < 1.29 is 10.0 Å². The van der Waals surface area contributed by atoms with Crippen molar-refractivity contribution in [2.45, 2.75) is 82.6 Å². The van der Waals surface area contributed by atoms with Crippen LogP contribution in [0.4, 0.5) is 0 Å². The molecule has 0 unspecified atom stereocenters. The van der Waals surface area contributed by atoms with Gasteiger partial charge in [-0.15, -0.1) is 0 Å². The number of nitrogens with one attached hydrogen (secondary N) is 1. The number of nitrogens with zero attached hydrogens (tertiary/aromatic N) is 1. The minimum atomic E-state index is -0.619. The normalized spacial score (nSPS) is 24.9. The molecular formula is C16H29N3O2. The van der Waals surface area contributed by atoms with E-state index >= 15 is 0 Å². The molecule has 0 aromatic carbocycles. The lowest BCUT2D eigenvalue weighted by atomic mass is 9.79. The van der Waals surface area contributed by atoms with Gasteiger partial charge in [-0.2, -0.15) is 0 Å². The van der Waals surface area contributed by atoms with Gasteiger partial charge in [0.15, 0.2) is 5.84 Å². The summed E-state index contributed by atoms with van der Waals surface area (Å²) in [5.74, 6) is 0.363. The van der Waals surface area contributed by atoms with Gasteiger partial charge < -0.3 is 16.3 Å². The van der Waals surface area contributed by atoms with Crippen molar-refractivity contribution in [1.29, 1.82) is 0 Å². The molecule has 21 heavy (non-hydrogen) atoms. The van der Waals surface area contributed by atoms with Crippen molar-refractivity contribution in [1.82, 2.24) is 5.32 Å². The molecule has 0 spiro atoms. The molecule has 0 heterocycles. The van der Waals surface area contributed by atoms with E-state index in [-0.39, 0.29) is 17.7 Å². The van der Waals surface area contributed by atoms with E-state index in [4.69, 9.17) is 10.9 Å². The second-order valence-electron chi connectivity index (χ2n) is 6.66. The number of rotatable bonds is 3. The minimum Gasteiger partial charge on any atom is -0.409 e. The molecule has 5 heteroatoms. The molecule has 2 rings (SSSR count). The SMILES string of the molecule is NC(=NO)C1(NC(=O)C2CCCCCCC2)CCCCC1. The third-order valence-electron chi connectivity index (χ3n) is 5.14. The lowest BCUT2D eigenvalue weighted by Crippen LogP contribution is -2.59. The molecule has 0 aromatic rings. The van der Waals surface area contributed by atoms with E-state index in [9.17, 15) is 4.79 Å². The van der Waals surface area contributed by atoms with Gasteiger partial charge in [-0.3, -0.25) is 4.79 Å². The fraction of sp³-hybridized carbons (Fsp3) is 0.875. The van der Waals surface area contributed by atoms with Crippen molar-refractivity contribution in [3.8, 4) is 0 Å². The first-order valence-corrected chi connectivity index (χ1v) is 8.48. The molecule has 0 aromatic heterocycles. The van der Waals surface area contributed by atoms with E-state index in [1.807, 2.05) is 0 Å². The molecule has 120 valence electrons. The molecule has 0 radical (unpaired) electrons. The van der Waals surface area contributed by atoms with Crippen LogP contribution in [0.25, 0.3) is 0 Å². The maximum absolute atomic E-state index is 12.7. The molecule has 4 N–H and O–H groups in total. The summed E-state index contributed by atoms with van der Waals surface area (Å²) in [6, 6.07) is 0. The van der Waals surface area contributed by atoms with Crippen LogP contribution in [-0.4, -0.2) is 22.5 Å². The monoisotopic (exact) mass is 295 g/mol. The fourth-order valence-corrected chi connectivity index (χ4v) is 3.75. The Hall–Kier alpha value is -1.26. The first kappa shape index (κ1) is 16.1. The topological polar surface area (TPSA) is 87.7 Å². The molecule has 2 saturated carbocycles. The first-order valence-electron chi connectivity index (χ1n) is 8.48. The largest absolute Gasteiger partial charge is 0.409 e. The fourth-order valence-electron chi connectivity index (χ4n) is 3.75.